The minimum atomic E-state index is 0.710. The van der Waals surface area contributed by atoms with Crippen LogP contribution in [0.15, 0.2) is 63.9 Å². The first-order valence-corrected chi connectivity index (χ1v) is 8.61. The van der Waals surface area contributed by atoms with E-state index in [-0.39, 0.29) is 0 Å². The second-order valence-corrected chi connectivity index (χ2v) is 5.97. The van der Waals surface area contributed by atoms with Crippen molar-refractivity contribution in [2.45, 2.75) is 52.4 Å². The Bertz CT molecular complexity index is 542. The first-order valence-electron chi connectivity index (χ1n) is 7.80. The lowest BCUT2D eigenvalue weighted by atomic mass is 10.2. The maximum Gasteiger partial charge on any atom is 0.106 e. The van der Waals surface area contributed by atoms with E-state index in [2.05, 4.69) is 52.0 Å². The highest BCUT2D eigenvalue weighted by molar-refractivity contribution is 8.03. The zero-order chi connectivity index (χ0) is 16.8. The van der Waals surface area contributed by atoms with Gasteiger partial charge in [-0.25, -0.2) is 0 Å². The van der Waals surface area contributed by atoms with Crippen molar-refractivity contribution >= 4 is 11.8 Å². The van der Waals surface area contributed by atoms with Gasteiger partial charge in [-0.1, -0.05) is 74.9 Å². The van der Waals surface area contributed by atoms with Crippen molar-refractivity contribution in [3.05, 3.63) is 64.6 Å². The lowest BCUT2D eigenvalue weighted by molar-refractivity contribution is 1.09. The summed E-state index contributed by atoms with van der Waals surface area (Å²) in [6.07, 6.45) is 10.3. The van der Waals surface area contributed by atoms with Crippen LogP contribution in [0.5, 0.6) is 0 Å². The van der Waals surface area contributed by atoms with Gasteiger partial charge < -0.3 is 0 Å². The van der Waals surface area contributed by atoms with Gasteiger partial charge in [-0.05, 0) is 44.1 Å². The summed E-state index contributed by atoms with van der Waals surface area (Å²) >= 11 is 1.50. The number of aryl methyl sites for hydroxylation is 1. The van der Waals surface area contributed by atoms with Crippen molar-refractivity contribution in [2.75, 3.05) is 0 Å². The highest BCUT2D eigenvalue weighted by Crippen LogP contribution is 2.27. The Balaban J connectivity index is 0.00000135. The van der Waals surface area contributed by atoms with E-state index in [1.54, 1.807) is 0 Å². The van der Waals surface area contributed by atoms with Crippen molar-refractivity contribution in [3.8, 4) is 6.07 Å². The number of benzene rings is 1. The van der Waals surface area contributed by atoms with E-state index in [9.17, 15) is 5.26 Å². The lowest BCUT2D eigenvalue weighted by Crippen LogP contribution is -1.79. The van der Waals surface area contributed by atoms with E-state index in [1.165, 1.54) is 23.7 Å². The van der Waals surface area contributed by atoms with Crippen molar-refractivity contribution in [1.29, 1.82) is 5.26 Å². The monoisotopic (exact) mass is 313 g/mol. The average molecular weight is 314 g/mol. The van der Waals surface area contributed by atoms with Crippen molar-refractivity contribution in [2.24, 2.45) is 0 Å². The number of allylic oxidation sites excluding steroid dienone is 6. The van der Waals surface area contributed by atoms with Crippen molar-refractivity contribution in [3.63, 3.8) is 0 Å². The third-order valence-electron chi connectivity index (χ3n) is 2.46. The second kappa shape index (κ2) is 13.0. The molecule has 0 atom stereocenters. The van der Waals surface area contributed by atoms with Gasteiger partial charge in [-0.3, -0.25) is 0 Å². The molecule has 0 amide bonds. The largest absolute Gasteiger partial charge is 0.192 e. The Hall–Kier alpha value is -1.72. The van der Waals surface area contributed by atoms with E-state index < -0.39 is 0 Å². The highest BCUT2D eigenvalue weighted by Gasteiger charge is 2.00. The van der Waals surface area contributed by atoms with Gasteiger partial charge in [-0.2, -0.15) is 5.26 Å². The molecule has 0 aliphatic carbocycles. The SMILES string of the molecule is CCC.C\C=C/C(=C\CC)/C=C(\C#N)Sc1ccc(C)cc1. The Kier molecular flexibility index (Phi) is 12.0. The number of thioether (sulfide) groups is 1. The first-order chi connectivity index (χ1) is 10.6. The van der Waals surface area contributed by atoms with Gasteiger partial charge in [-0.15, -0.1) is 0 Å². The number of nitrogens with zero attached hydrogens (tertiary/aromatic N) is 1. The summed E-state index contributed by atoms with van der Waals surface area (Å²) in [5.74, 6) is 0. The number of nitriles is 1. The van der Waals surface area contributed by atoms with Gasteiger partial charge in [0.25, 0.3) is 0 Å². The van der Waals surface area contributed by atoms with Crippen LogP contribution in [0.1, 0.15) is 46.1 Å². The Morgan fingerprint density at radius 1 is 1.18 bits per heavy atom. The predicted molar refractivity (Wildman–Crippen MR) is 99.9 cm³/mol. The van der Waals surface area contributed by atoms with Crippen molar-refractivity contribution in [1.82, 2.24) is 0 Å². The quantitative estimate of drug-likeness (QED) is 0.338. The van der Waals surface area contributed by atoms with E-state index in [0.29, 0.717) is 4.91 Å². The summed E-state index contributed by atoms with van der Waals surface area (Å²) < 4.78 is 0. The molecule has 22 heavy (non-hydrogen) atoms. The van der Waals surface area contributed by atoms with Gasteiger partial charge >= 0.3 is 0 Å². The molecule has 0 saturated heterocycles. The molecule has 0 aliphatic rings. The number of hydrogen-bond donors (Lipinski definition) is 0. The van der Waals surface area contributed by atoms with Gasteiger partial charge in [0.05, 0.1) is 4.91 Å². The molecule has 0 saturated carbocycles. The molecule has 2 heteroatoms. The smallest absolute Gasteiger partial charge is 0.106 e. The van der Waals surface area contributed by atoms with Crippen LogP contribution in [0.4, 0.5) is 0 Å². The maximum absolute atomic E-state index is 9.24. The molecular formula is C20H27NS. The zero-order valence-electron chi connectivity index (χ0n) is 14.4. The minimum absolute atomic E-state index is 0.710. The third-order valence-corrected chi connectivity index (χ3v) is 3.39. The molecule has 1 aromatic carbocycles. The third kappa shape index (κ3) is 9.26. The summed E-state index contributed by atoms with van der Waals surface area (Å²) in [5, 5.41) is 9.24. The molecule has 0 aliphatic heterocycles. The van der Waals surface area contributed by atoms with E-state index >= 15 is 0 Å². The van der Waals surface area contributed by atoms with Gasteiger partial charge in [0.2, 0.25) is 0 Å². The summed E-state index contributed by atoms with van der Waals surface area (Å²) in [6, 6.07) is 10.5. The van der Waals surface area contributed by atoms with E-state index in [4.69, 9.17) is 0 Å². The molecule has 1 aromatic rings. The van der Waals surface area contributed by atoms with Crippen LogP contribution < -0.4 is 0 Å². The second-order valence-electron chi connectivity index (χ2n) is 4.85. The standard InChI is InChI=1S/C17H19NS.C3H8/c1-4-6-15(7-5-2)12-17(13-18)19-16-10-8-14(3)9-11-16;1-3-2/h4,6-12H,5H2,1-3H3;3H2,1-2H3/b6-4-,15-7+,17-12+;. The normalized spacial score (nSPS) is 11.8. The summed E-state index contributed by atoms with van der Waals surface area (Å²) in [6.45, 7) is 10.4. The van der Waals surface area contributed by atoms with Gasteiger partial charge in [0, 0.05) is 4.90 Å². The van der Waals surface area contributed by atoms with Crippen LogP contribution in [0.25, 0.3) is 0 Å². The Morgan fingerprint density at radius 3 is 2.23 bits per heavy atom. The van der Waals surface area contributed by atoms with Gasteiger partial charge in [0.1, 0.15) is 6.07 Å². The topological polar surface area (TPSA) is 23.8 Å². The summed E-state index contributed by atoms with van der Waals surface area (Å²) in [7, 11) is 0. The zero-order valence-corrected chi connectivity index (χ0v) is 15.2. The Labute approximate surface area is 140 Å². The Morgan fingerprint density at radius 2 is 1.77 bits per heavy atom. The van der Waals surface area contributed by atoms with Crippen LogP contribution in [-0.4, -0.2) is 0 Å². The molecular weight excluding hydrogens is 286 g/mol. The summed E-state index contributed by atoms with van der Waals surface area (Å²) in [5.41, 5.74) is 2.31. The fraction of sp³-hybridized carbons (Fsp3) is 0.350. The van der Waals surface area contributed by atoms with Crippen LogP contribution >= 0.6 is 11.8 Å². The lowest BCUT2D eigenvalue weighted by Gasteiger charge is -2.01. The fourth-order valence-corrected chi connectivity index (χ4v) is 2.34. The molecule has 0 heterocycles. The average Bonchev–Trinajstić information content (AvgIpc) is 2.50. The number of hydrogen-bond acceptors (Lipinski definition) is 2. The molecule has 0 fully saturated rings. The maximum atomic E-state index is 9.24. The molecule has 0 bridgehead atoms. The predicted octanol–water partition coefficient (Wildman–Crippen LogP) is 6.82. The molecule has 0 spiro atoms. The first kappa shape index (κ1) is 20.3. The van der Waals surface area contributed by atoms with Crippen LogP contribution in [0.3, 0.4) is 0 Å². The molecule has 1 rings (SSSR count). The highest BCUT2D eigenvalue weighted by atomic mass is 32.2. The molecule has 0 N–H and O–H groups in total. The minimum Gasteiger partial charge on any atom is -0.192 e. The fourth-order valence-electron chi connectivity index (χ4n) is 1.57. The summed E-state index contributed by atoms with van der Waals surface area (Å²) in [4.78, 5) is 1.80. The van der Waals surface area contributed by atoms with E-state index in [0.717, 1.165) is 16.9 Å². The van der Waals surface area contributed by atoms with Crippen LogP contribution in [0.2, 0.25) is 0 Å². The molecule has 118 valence electrons. The molecule has 0 aromatic heterocycles. The van der Waals surface area contributed by atoms with Crippen LogP contribution in [0, 0.1) is 18.3 Å². The number of rotatable bonds is 5. The molecule has 0 radical (unpaired) electrons. The van der Waals surface area contributed by atoms with E-state index in [1.807, 2.05) is 37.3 Å². The van der Waals surface area contributed by atoms with Crippen LogP contribution in [-0.2, 0) is 0 Å². The van der Waals surface area contributed by atoms with Crippen molar-refractivity contribution < 1.29 is 0 Å². The molecule has 1 nitrogen and oxygen atoms in total. The van der Waals surface area contributed by atoms with Gasteiger partial charge in [0.15, 0.2) is 0 Å². The molecule has 0 unspecified atom stereocenters.